The van der Waals surface area contributed by atoms with Gasteiger partial charge in [-0.1, -0.05) is 0 Å². The van der Waals surface area contributed by atoms with Crippen LogP contribution < -0.4 is 0 Å². The van der Waals surface area contributed by atoms with Gasteiger partial charge in [0.15, 0.2) is 0 Å². The number of aliphatic hydroxyl groups excluding tert-OH is 1. The van der Waals surface area contributed by atoms with Crippen LogP contribution in [0.15, 0.2) is 11.8 Å². The van der Waals surface area contributed by atoms with Gasteiger partial charge in [0.25, 0.3) is 0 Å². The van der Waals surface area contributed by atoms with E-state index in [1.807, 2.05) is 13.8 Å². The van der Waals surface area contributed by atoms with Gasteiger partial charge in [-0.25, -0.2) is 0 Å². The maximum atomic E-state index is 11.7. The van der Waals surface area contributed by atoms with Crippen LogP contribution in [-0.2, 0) is 9.53 Å². The first kappa shape index (κ1) is 12.0. The third-order valence-corrected chi connectivity index (χ3v) is 2.59. The second-order valence-electron chi connectivity index (χ2n) is 3.58. The number of carbonyl (C=O) groups excluding carboxylic acids is 1. The number of ether oxygens (including phenoxy) is 1. The minimum Gasteiger partial charge on any atom is -0.492 e. The van der Waals surface area contributed by atoms with Gasteiger partial charge >= 0.3 is 0 Å². The van der Waals surface area contributed by atoms with E-state index in [2.05, 4.69) is 0 Å². The van der Waals surface area contributed by atoms with Crippen LogP contribution in [0.25, 0.3) is 0 Å². The molecule has 4 heteroatoms. The quantitative estimate of drug-likeness (QED) is 0.706. The lowest BCUT2D eigenvalue weighted by Gasteiger charge is -2.16. The van der Waals surface area contributed by atoms with Gasteiger partial charge in [0.2, 0.25) is 5.91 Å². The fourth-order valence-corrected chi connectivity index (χ4v) is 1.63. The van der Waals surface area contributed by atoms with Crippen molar-refractivity contribution in [3.05, 3.63) is 11.8 Å². The normalized spacial score (nSPS) is 22.9. The van der Waals surface area contributed by atoms with E-state index in [9.17, 15) is 4.79 Å². The van der Waals surface area contributed by atoms with Crippen LogP contribution >= 0.6 is 0 Å². The number of carbonyl (C=O) groups is 1. The monoisotopic (exact) mass is 213 g/mol. The summed E-state index contributed by atoms with van der Waals surface area (Å²) < 4.78 is 5.38. The van der Waals surface area contributed by atoms with E-state index in [-0.39, 0.29) is 18.6 Å². The molecule has 0 spiro atoms. The van der Waals surface area contributed by atoms with Crippen LogP contribution in [0.2, 0.25) is 0 Å². The van der Waals surface area contributed by atoms with Crippen LogP contribution in [0, 0.1) is 0 Å². The van der Waals surface area contributed by atoms with Crippen LogP contribution in [-0.4, -0.2) is 41.7 Å². The van der Waals surface area contributed by atoms with E-state index < -0.39 is 0 Å². The van der Waals surface area contributed by atoms with Crippen molar-refractivity contribution in [1.29, 1.82) is 0 Å². The van der Waals surface area contributed by atoms with Crippen LogP contribution in [0.1, 0.15) is 26.7 Å². The van der Waals surface area contributed by atoms with Crippen molar-refractivity contribution in [3.63, 3.8) is 0 Å². The maximum Gasteiger partial charge on any atom is 0.249 e. The Bertz CT molecular complexity index is 246. The summed E-state index contributed by atoms with van der Waals surface area (Å²) in [5, 5.41) is 8.87. The summed E-state index contributed by atoms with van der Waals surface area (Å²) >= 11 is 0. The smallest absolute Gasteiger partial charge is 0.249 e. The molecular formula is C11H19NO3. The maximum absolute atomic E-state index is 11.7. The van der Waals surface area contributed by atoms with Gasteiger partial charge in [-0.3, -0.25) is 4.79 Å². The van der Waals surface area contributed by atoms with Crippen molar-refractivity contribution < 1.29 is 14.6 Å². The predicted molar refractivity (Wildman–Crippen MR) is 57.2 cm³/mol. The van der Waals surface area contributed by atoms with Crippen molar-refractivity contribution in [3.8, 4) is 0 Å². The first-order chi connectivity index (χ1) is 7.21. The Balaban J connectivity index is 2.52. The van der Waals surface area contributed by atoms with Crippen LogP contribution in [0.5, 0.6) is 0 Å². The van der Waals surface area contributed by atoms with Crippen molar-refractivity contribution in [2.75, 3.05) is 19.7 Å². The van der Waals surface area contributed by atoms with Gasteiger partial charge in [-0.2, -0.15) is 0 Å². The standard InChI is InChI=1S/C11H19NO3/c1-3-12(4-2)11(14)7-9-5-6-10(8-13)15-9/h7,10,13H,3-6,8H2,1-2H3/b9-7-/t10-/m1/s1. The minimum atomic E-state index is -0.124. The van der Waals surface area contributed by atoms with Gasteiger partial charge in [-0.15, -0.1) is 0 Å². The highest BCUT2D eigenvalue weighted by Gasteiger charge is 2.21. The van der Waals surface area contributed by atoms with E-state index in [4.69, 9.17) is 9.84 Å². The summed E-state index contributed by atoms with van der Waals surface area (Å²) in [5.74, 6) is 0.694. The van der Waals surface area contributed by atoms with Gasteiger partial charge in [-0.05, 0) is 20.3 Å². The van der Waals surface area contributed by atoms with Crippen molar-refractivity contribution in [2.45, 2.75) is 32.8 Å². The Hall–Kier alpha value is -1.03. The molecule has 1 amide bonds. The molecule has 1 atom stereocenters. The molecule has 1 fully saturated rings. The molecule has 1 heterocycles. The minimum absolute atomic E-state index is 0.00594. The Labute approximate surface area is 90.5 Å². The van der Waals surface area contributed by atoms with E-state index >= 15 is 0 Å². The van der Waals surface area contributed by atoms with Gasteiger partial charge in [0.1, 0.15) is 11.9 Å². The van der Waals surface area contributed by atoms with E-state index in [1.54, 1.807) is 11.0 Å². The molecule has 1 saturated heterocycles. The van der Waals surface area contributed by atoms with E-state index in [0.29, 0.717) is 18.8 Å². The van der Waals surface area contributed by atoms with Crippen LogP contribution in [0.3, 0.4) is 0 Å². The molecule has 1 N–H and O–H groups in total. The highest BCUT2D eigenvalue weighted by atomic mass is 16.5. The molecular weight excluding hydrogens is 194 g/mol. The van der Waals surface area contributed by atoms with Crippen LogP contribution in [0.4, 0.5) is 0 Å². The van der Waals surface area contributed by atoms with E-state index in [1.165, 1.54) is 0 Å². The predicted octanol–water partition coefficient (Wildman–Crippen LogP) is 0.910. The SMILES string of the molecule is CCN(CC)C(=O)/C=C1/CC[C@H](CO)O1. The summed E-state index contributed by atoms with van der Waals surface area (Å²) in [6.07, 6.45) is 2.97. The number of hydrogen-bond donors (Lipinski definition) is 1. The highest BCUT2D eigenvalue weighted by Crippen LogP contribution is 2.22. The number of rotatable bonds is 4. The number of hydrogen-bond acceptors (Lipinski definition) is 3. The summed E-state index contributed by atoms with van der Waals surface area (Å²) in [6, 6.07) is 0. The summed E-state index contributed by atoms with van der Waals surface area (Å²) in [5.41, 5.74) is 0. The highest BCUT2D eigenvalue weighted by molar-refractivity contribution is 5.88. The molecule has 0 radical (unpaired) electrons. The zero-order valence-corrected chi connectivity index (χ0v) is 9.40. The number of nitrogens with zero attached hydrogens (tertiary/aromatic N) is 1. The molecule has 1 aliphatic rings. The summed E-state index contributed by atoms with van der Waals surface area (Å²) in [7, 11) is 0. The molecule has 0 aliphatic carbocycles. The number of allylic oxidation sites excluding steroid dienone is 1. The first-order valence-corrected chi connectivity index (χ1v) is 5.48. The largest absolute Gasteiger partial charge is 0.492 e. The molecule has 0 bridgehead atoms. The lowest BCUT2D eigenvalue weighted by Crippen LogP contribution is -2.29. The van der Waals surface area contributed by atoms with E-state index in [0.717, 1.165) is 12.8 Å². The fraction of sp³-hybridized carbons (Fsp3) is 0.727. The molecule has 86 valence electrons. The Morgan fingerprint density at radius 1 is 1.60 bits per heavy atom. The average Bonchev–Trinajstić information content (AvgIpc) is 2.67. The second kappa shape index (κ2) is 5.75. The Kier molecular flexibility index (Phi) is 4.62. The van der Waals surface area contributed by atoms with Gasteiger partial charge < -0.3 is 14.7 Å². The number of likely N-dealkylation sites (N-methyl/N-ethyl adjacent to an activating group) is 1. The fourth-order valence-electron chi connectivity index (χ4n) is 1.63. The Morgan fingerprint density at radius 2 is 2.27 bits per heavy atom. The average molecular weight is 213 g/mol. The Morgan fingerprint density at radius 3 is 2.73 bits per heavy atom. The molecule has 4 nitrogen and oxygen atoms in total. The second-order valence-corrected chi connectivity index (χ2v) is 3.58. The lowest BCUT2D eigenvalue weighted by atomic mass is 10.2. The molecule has 0 aromatic rings. The number of amides is 1. The van der Waals surface area contributed by atoms with Crippen molar-refractivity contribution >= 4 is 5.91 Å². The lowest BCUT2D eigenvalue weighted by molar-refractivity contribution is -0.125. The molecule has 1 rings (SSSR count). The molecule has 15 heavy (non-hydrogen) atoms. The third-order valence-electron chi connectivity index (χ3n) is 2.59. The molecule has 0 saturated carbocycles. The zero-order chi connectivity index (χ0) is 11.3. The third kappa shape index (κ3) is 3.23. The van der Waals surface area contributed by atoms with Gasteiger partial charge in [0, 0.05) is 25.6 Å². The van der Waals surface area contributed by atoms with Gasteiger partial charge in [0.05, 0.1) is 6.61 Å². The first-order valence-electron chi connectivity index (χ1n) is 5.48. The van der Waals surface area contributed by atoms with Crippen molar-refractivity contribution in [1.82, 2.24) is 4.90 Å². The zero-order valence-electron chi connectivity index (χ0n) is 9.40. The molecule has 0 unspecified atom stereocenters. The number of aliphatic hydroxyl groups is 1. The molecule has 0 aromatic carbocycles. The van der Waals surface area contributed by atoms with Crippen molar-refractivity contribution in [2.24, 2.45) is 0 Å². The molecule has 0 aromatic heterocycles. The summed E-state index contributed by atoms with van der Waals surface area (Å²) in [4.78, 5) is 13.4. The summed E-state index contributed by atoms with van der Waals surface area (Å²) in [6.45, 7) is 5.35. The topological polar surface area (TPSA) is 49.8 Å². The molecule has 1 aliphatic heterocycles.